The molecule has 0 fully saturated rings. The topological polar surface area (TPSA) is 72.1 Å². The molecule has 0 aliphatic heterocycles. The molecule has 1 amide bonds. The van der Waals surface area contributed by atoms with Gasteiger partial charge < -0.3 is 5.73 Å². The number of carbonyl (C=O) groups excluding carboxylic acids is 1. The average Bonchev–Trinajstić information content (AvgIpc) is 2.47. The van der Waals surface area contributed by atoms with Crippen molar-refractivity contribution in [2.45, 2.75) is 6.92 Å². The predicted octanol–water partition coefficient (Wildman–Crippen LogP) is 2.90. The monoisotopic (exact) mass is 278 g/mol. The van der Waals surface area contributed by atoms with E-state index in [9.17, 15) is 4.79 Å². The first-order chi connectivity index (χ1) is 10.1. The molecule has 0 aliphatic carbocycles. The van der Waals surface area contributed by atoms with E-state index in [1.807, 2.05) is 24.3 Å². The summed E-state index contributed by atoms with van der Waals surface area (Å²) in [6.45, 7) is 1.50. The molecule has 104 valence electrons. The lowest BCUT2D eigenvalue weighted by atomic mass is 10.1. The van der Waals surface area contributed by atoms with Crippen LogP contribution in [0.4, 0.5) is 17.2 Å². The largest absolute Gasteiger partial charge is 0.399 e. The molecule has 0 saturated carbocycles. The Morgan fingerprint density at radius 3 is 2.71 bits per heavy atom. The number of hydrogen-bond donors (Lipinski definition) is 1. The van der Waals surface area contributed by atoms with Gasteiger partial charge in [0.05, 0.1) is 5.69 Å². The molecule has 21 heavy (non-hydrogen) atoms. The smallest absolute Gasteiger partial charge is 0.229 e. The van der Waals surface area contributed by atoms with Crippen molar-refractivity contribution in [1.82, 2.24) is 9.97 Å². The van der Waals surface area contributed by atoms with Crippen molar-refractivity contribution in [3.05, 3.63) is 55.0 Å². The zero-order valence-electron chi connectivity index (χ0n) is 11.5. The minimum atomic E-state index is -0.128. The zero-order valence-corrected chi connectivity index (χ0v) is 11.5. The SMILES string of the molecule is CC(=O)N(c1ccc2ccncc2c1)c1cc(N)ccn1. The number of fused-ring (bicyclic) bond motifs is 1. The summed E-state index contributed by atoms with van der Waals surface area (Å²) in [5.41, 5.74) is 7.08. The van der Waals surface area contributed by atoms with E-state index in [4.69, 9.17) is 5.73 Å². The quantitative estimate of drug-likeness (QED) is 0.782. The Morgan fingerprint density at radius 2 is 1.95 bits per heavy atom. The first kappa shape index (κ1) is 13.1. The lowest BCUT2D eigenvalue weighted by Crippen LogP contribution is -2.23. The van der Waals surface area contributed by atoms with Gasteiger partial charge in [-0.2, -0.15) is 0 Å². The lowest BCUT2D eigenvalue weighted by Gasteiger charge is -2.20. The van der Waals surface area contributed by atoms with Gasteiger partial charge in [0.1, 0.15) is 5.82 Å². The fourth-order valence-corrected chi connectivity index (χ4v) is 2.24. The standard InChI is InChI=1S/C16H14N4O/c1-11(21)20(16-9-14(17)5-7-19-16)15-3-2-12-4-6-18-10-13(12)8-15/h2-10H,1H3,(H2,17,19). The summed E-state index contributed by atoms with van der Waals surface area (Å²) in [7, 11) is 0. The van der Waals surface area contributed by atoms with Gasteiger partial charge in [0.2, 0.25) is 5.91 Å². The van der Waals surface area contributed by atoms with E-state index in [0.717, 1.165) is 16.5 Å². The Kier molecular flexibility index (Phi) is 3.23. The van der Waals surface area contributed by atoms with Crippen LogP contribution in [0.2, 0.25) is 0 Å². The predicted molar refractivity (Wildman–Crippen MR) is 83.2 cm³/mol. The molecule has 2 N–H and O–H groups in total. The van der Waals surface area contributed by atoms with Crippen molar-refractivity contribution < 1.29 is 4.79 Å². The van der Waals surface area contributed by atoms with E-state index in [2.05, 4.69) is 9.97 Å². The van der Waals surface area contributed by atoms with Gasteiger partial charge in [-0.25, -0.2) is 4.98 Å². The molecule has 0 saturated heterocycles. The van der Waals surface area contributed by atoms with Crippen LogP contribution in [0.3, 0.4) is 0 Å². The summed E-state index contributed by atoms with van der Waals surface area (Å²) >= 11 is 0. The highest BCUT2D eigenvalue weighted by Crippen LogP contribution is 2.28. The molecule has 1 aromatic carbocycles. The molecular formula is C16H14N4O. The molecule has 0 aliphatic rings. The van der Waals surface area contributed by atoms with Gasteiger partial charge in [-0.1, -0.05) is 6.07 Å². The zero-order chi connectivity index (χ0) is 14.8. The van der Waals surface area contributed by atoms with E-state index in [0.29, 0.717) is 11.5 Å². The van der Waals surface area contributed by atoms with E-state index in [1.54, 1.807) is 30.7 Å². The van der Waals surface area contributed by atoms with Gasteiger partial charge >= 0.3 is 0 Å². The van der Waals surface area contributed by atoms with Gasteiger partial charge in [0.15, 0.2) is 0 Å². The fraction of sp³-hybridized carbons (Fsp3) is 0.0625. The number of aromatic nitrogens is 2. The maximum atomic E-state index is 12.0. The van der Waals surface area contributed by atoms with Gasteiger partial charge in [0.25, 0.3) is 0 Å². The summed E-state index contributed by atoms with van der Waals surface area (Å²) in [5, 5.41) is 2.03. The second-order valence-corrected chi connectivity index (χ2v) is 4.71. The van der Waals surface area contributed by atoms with Crippen molar-refractivity contribution in [3.8, 4) is 0 Å². The lowest BCUT2D eigenvalue weighted by molar-refractivity contribution is -0.115. The Hall–Kier alpha value is -2.95. The Bertz CT molecular complexity index is 816. The van der Waals surface area contributed by atoms with Crippen molar-refractivity contribution in [2.75, 3.05) is 10.6 Å². The number of anilines is 3. The number of hydrogen-bond acceptors (Lipinski definition) is 4. The van der Waals surface area contributed by atoms with Gasteiger partial charge in [-0.3, -0.25) is 14.7 Å². The average molecular weight is 278 g/mol. The third kappa shape index (κ3) is 2.53. The first-order valence-electron chi connectivity index (χ1n) is 6.51. The number of carbonyl (C=O) groups is 1. The molecule has 0 unspecified atom stereocenters. The number of nitrogen functional groups attached to an aromatic ring is 1. The fourth-order valence-electron chi connectivity index (χ4n) is 2.24. The van der Waals surface area contributed by atoms with Crippen LogP contribution in [0, 0.1) is 0 Å². The Morgan fingerprint density at radius 1 is 1.10 bits per heavy atom. The first-order valence-corrected chi connectivity index (χ1v) is 6.51. The van der Waals surface area contributed by atoms with Crippen LogP contribution in [0.15, 0.2) is 55.0 Å². The molecular weight excluding hydrogens is 264 g/mol. The number of pyridine rings is 2. The summed E-state index contributed by atoms with van der Waals surface area (Å²) < 4.78 is 0. The second kappa shape index (κ2) is 5.20. The minimum absolute atomic E-state index is 0.128. The third-order valence-electron chi connectivity index (χ3n) is 3.20. The van der Waals surface area contributed by atoms with E-state index >= 15 is 0 Å². The Balaban J connectivity index is 2.13. The molecule has 0 bridgehead atoms. The normalized spacial score (nSPS) is 10.5. The molecule has 0 spiro atoms. The highest BCUT2D eigenvalue weighted by molar-refractivity contribution is 6.00. The summed E-state index contributed by atoms with van der Waals surface area (Å²) in [4.78, 5) is 21.9. The van der Waals surface area contributed by atoms with Gasteiger partial charge in [0, 0.05) is 42.7 Å². The van der Waals surface area contributed by atoms with Crippen LogP contribution in [0.25, 0.3) is 10.8 Å². The van der Waals surface area contributed by atoms with E-state index < -0.39 is 0 Å². The van der Waals surface area contributed by atoms with Gasteiger partial charge in [-0.05, 0) is 29.7 Å². The summed E-state index contributed by atoms with van der Waals surface area (Å²) in [5.74, 6) is 0.377. The molecule has 5 nitrogen and oxygen atoms in total. The van der Waals surface area contributed by atoms with Crippen molar-refractivity contribution >= 4 is 33.9 Å². The molecule has 5 heteroatoms. The van der Waals surface area contributed by atoms with Crippen LogP contribution in [0.5, 0.6) is 0 Å². The molecule has 2 aromatic heterocycles. The second-order valence-electron chi connectivity index (χ2n) is 4.71. The molecule has 3 aromatic rings. The molecule has 0 radical (unpaired) electrons. The number of amides is 1. The van der Waals surface area contributed by atoms with Crippen LogP contribution in [-0.2, 0) is 4.79 Å². The number of nitrogens with zero attached hydrogens (tertiary/aromatic N) is 3. The van der Waals surface area contributed by atoms with Crippen molar-refractivity contribution in [2.24, 2.45) is 0 Å². The summed E-state index contributed by atoms with van der Waals surface area (Å²) in [6.07, 6.45) is 5.09. The number of rotatable bonds is 2. The molecule has 0 atom stereocenters. The van der Waals surface area contributed by atoms with Crippen molar-refractivity contribution in [1.29, 1.82) is 0 Å². The van der Waals surface area contributed by atoms with Crippen LogP contribution in [-0.4, -0.2) is 15.9 Å². The highest BCUT2D eigenvalue weighted by Gasteiger charge is 2.16. The molecule has 2 heterocycles. The van der Waals surface area contributed by atoms with Crippen LogP contribution >= 0.6 is 0 Å². The molecule has 3 rings (SSSR count). The maximum absolute atomic E-state index is 12.0. The number of benzene rings is 1. The third-order valence-corrected chi connectivity index (χ3v) is 3.20. The van der Waals surface area contributed by atoms with E-state index in [1.165, 1.54) is 11.8 Å². The number of nitrogens with two attached hydrogens (primary N) is 1. The highest BCUT2D eigenvalue weighted by atomic mass is 16.2. The summed E-state index contributed by atoms with van der Waals surface area (Å²) in [6, 6.07) is 11.0. The Labute approximate surface area is 122 Å². The maximum Gasteiger partial charge on any atom is 0.229 e. The van der Waals surface area contributed by atoms with E-state index in [-0.39, 0.29) is 5.91 Å². The van der Waals surface area contributed by atoms with Gasteiger partial charge in [-0.15, -0.1) is 0 Å². The minimum Gasteiger partial charge on any atom is -0.399 e. The van der Waals surface area contributed by atoms with Crippen LogP contribution in [0.1, 0.15) is 6.92 Å². The van der Waals surface area contributed by atoms with Crippen LogP contribution < -0.4 is 10.6 Å². The van der Waals surface area contributed by atoms with Crippen molar-refractivity contribution in [3.63, 3.8) is 0 Å².